The number of likely N-dealkylation sites (tertiary alicyclic amines) is 1. The number of hydrogen-bond donors (Lipinski definition) is 2. The Morgan fingerprint density at radius 3 is 2.81 bits per heavy atom. The van der Waals surface area contributed by atoms with Gasteiger partial charge in [0, 0.05) is 29.1 Å². The minimum absolute atomic E-state index is 0.00801. The number of aromatic nitrogens is 2. The van der Waals surface area contributed by atoms with E-state index in [4.69, 9.17) is 11.6 Å². The molecule has 1 aromatic heterocycles. The largest absolute Gasteiger partial charge is 0.386 e. The molecular formula is C20H25ClN4O2. The molecule has 0 bridgehead atoms. The summed E-state index contributed by atoms with van der Waals surface area (Å²) in [5.74, 6) is 0.488. The van der Waals surface area contributed by atoms with Gasteiger partial charge < -0.3 is 15.3 Å². The van der Waals surface area contributed by atoms with Crippen molar-refractivity contribution in [2.75, 3.05) is 19.6 Å². The SMILES string of the molecule is CC1(C2CCN(C(=O)[C@@H]3CCCN3)CC2)[C@H](O)c2cc(Cl)cc3cnn1c23. The maximum Gasteiger partial charge on any atom is 0.239 e. The van der Waals surface area contributed by atoms with Crippen LogP contribution in [0.3, 0.4) is 0 Å². The van der Waals surface area contributed by atoms with Crippen LogP contribution in [0, 0.1) is 5.92 Å². The second-order valence-electron chi connectivity index (χ2n) is 8.37. The van der Waals surface area contributed by atoms with Gasteiger partial charge in [-0.3, -0.25) is 9.48 Å². The third kappa shape index (κ3) is 2.46. The first-order chi connectivity index (χ1) is 13.0. The zero-order chi connectivity index (χ0) is 18.8. The van der Waals surface area contributed by atoms with E-state index in [-0.39, 0.29) is 17.9 Å². The third-order valence-electron chi connectivity index (χ3n) is 6.95. The van der Waals surface area contributed by atoms with Gasteiger partial charge in [-0.05, 0) is 57.2 Å². The van der Waals surface area contributed by atoms with Gasteiger partial charge in [-0.2, -0.15) is 5.10 Å². The van der Waals surface area contributed by atoms with Gasteiger partial charge in [0.2, 0.25) is 5.91 Å². The molecule has 0 radical (unpaired) electrons. The van der Waals surface area contributed by atoms with Crippen LogP contribution < -0.4 is 5.32 Å². The van der Waals surface area contributed by atoms with E-state index >= 15 is 0 Å². The molecule has 3 atom stereocenters. The van der Waals surface area contributed by atoms with Gasteiger partial charge >= 0.3 is 0 Å². The highest BCUT2D eigenvalue weighted by Gasteiger charge is 2.50. The summed E-state index contributed by atoms with van der Waals surface area (Å²) >= 11 is 6.24. The van der Waals surface area contributed by atoms with Gasteiger partial charge in [0.05, 0.1) is 23.3 Å². The van der Waals surface area contributed by atoms with Crippen LogP contribution in [-0.4, -0.2) is 51.4 Å². The van der Waals surface area contributed by atoms with Crippen molar-refractivity contribution in [3.63, 3.8) is 0 Å². The molecule has 144 valence electrons. The molecule has 6 nitrogen and oxygen atoms in total. The number of carbonyl (C=O) groups is 1. The summed E-state index contributed by atoms with van der Waals surface area (Å²) < 4.78 is 2.00. The minimum atomic E-state index is -0.633. The van der Waals surface area contributed by atoms with Crippen molar-refractivity contribution in [1.82, 2.24) is 20.0 Å². The van der Waals surface area contributed by atoms with Gasteiger partial charge in [-0.1, -0.05) is 11.6 Å². The summed E-state index contributed by atoms with van der Waals surface area (Å²) in [6.45, 7) is 4.52. The molecule has 3 aliphatic rings. The lowest BCUT2D eigenvalue weighted by molar-refractivity contribution is -0.135. The molecule has 7 heteroatoms. The standard InChI is InChI=1S/C20H25ClN4O2/c1-20(13-4-7-24(8-5-13)19(27)16-3-2-6-22-16)18(26)15-10-14(21)9-12-11-23-25(20)17(12)15/h9-11,13,16,18,22,26H,2-8H2,1H3/t16-,18+,20?/m0/s1. The molecule has 0 saturated carbocycles. The number of rotatable bonds is 2. The van der Waals surface area contributed by atoms with E-state index in [1.54, 1.807) is 0 Å². The molecular weight excluding hydrogens is 364 g/mol. The van der Waals surface area contributed by atoms with E-state index in [2.05, 4.69) is 17.3 Å². The van der Waals surface area contributed by atoms with Gasteiger partial charge in [-0.25, -0.2) is 0 Å². The molecule has 4 heterocycles. The Bertz CT molecular complexity index is 899. The number of aliphatic hydroxyl groups is 1. The number of piperidine rings is 1. The number of benzene rings is 1. The van der Waals surface area contributed by atoms with Crippen molar-refractivity contribution in [1.29, 1.82) is 0 Å². The normalized spacial score (nSPS) is 31.1. The maximum absolute atomic E-state index is 12.7. The van der Waals surface area contributed by atoms with Crippen LogP contribution in [-0.2, 0) is 10.3 Å². The maximum atomic E-state index is 12.7. The molecule has 1 aromatic carbocycles. The van der Waals surface area contributed by atoms with E-state index < -0.39 is 11.6 Å². The van der Waals surface area contributed by atoms with E-state index in [1.165, 1.54) is 0 Å². The van der Waals surface area contributed by atoms with E-state index in [0.29, 0.717) is 5.02 Å². The summed E-state index contributed by atoms with van der Waals surface area (Å²) in [5, 5.41) is 20.7. The molecule has 1 unspecified atom stereocenters. The van der Waals surface area contributed by atoms with Crippen molar-refractivity contribution in [3.8, 4) is 0 Å². The second-order valence-corrected chi connectivity index (χ2v) is 8.80. The predicted molar refractivity (Wildman–Crippen MR) is 104 cm³/mol. The number of nitrogens with zero attached hydrogens (tertiary/aromatic N) is 3. The van der Waals surface area contributed by atoms with E-state index in [0.717, 1.165) is 61.8 Å². The minimum Gasteiger partial charge on any atom is -0.386 e. The summed E-state index contributed by atoms with van der Waals surface area (Å²) in [6.07, 6.45) is 4.96. The Kier molecular flexibility index (Phi) is 4.00. The fraction of sp³-hybridized carbons (Fsp3) is 0.600. The number of amides is 1. The number of aliphatic hydroxyl groups excluding tert-OH is 1. The van der Waals surface area contributed by atoms with Crippen LogP contribution in [0.5, 0.6) is 0 Å². The Morgan fingerprint density at radius 2 is 2.11 bits per heavy atom. The Morgan fingerprint density at radius 1 is 1.33 bits per heavy atom. The Balaban J connectivity index is 1.38. The number of hydrogen-bond acceptors (Lipinski definition) is 4. The van der Waals surface area contributed by atoms with Crippen molar-refractivity contribution in [3.05, 3.63) is 28.9 Å². The first kappa shape index (κ1) is 17.5. The van der Waals surface area contributed by atoms with Gasteiger partial charge in [0.25, 0.3) is 0 Å². The van der Waals surface area contributed by atoms with Crippen LogP contribution in [0.15, 0.2) is 18.3 Å². The third-order valence-corrected chi connectivity index (χ3v) is 7.17. The highest BCUT2D eigenvalue weighted by Crippen LogP contribution is 2.51. The molecule has 2 aromatic rings. The highest BCUT2D eigenvalue weighted by atomic mass is 35.5. The van der Waals surface area contributed by atoms with Crippen LogP contribution >= 0.6 is 11.6 Å². The molecule has 27 heavy (non-hydrogen) atoms. The second kappa shape index (κ2) is 6.19. The average molecular weight is 389 g/mol. The van der Waals surface area contributed by atoms with Crippen LogP contribution in [0.1, 0.15) is 44.3 Å². The lowest BCUT2D eigenvalue weighted by atomic mass is 9.75. The molecule has 2 N–H and O–H groups in total. The van der Waals surface area contributed by atoms with Crippen LogP contribution in [0.25, 0.3) is 10.9 Å². The fourth-order valence-electron chi connectivity index (χ4n) is 5.36. The quantitative estimate of drug-likeness (QED) is 0.829. The monoisotopic (exact) mass is 388 g/mol. The molecule has 5 rings (SSSR count). The lowest BCUT2D eigenvalue weighted by Gasteiger charge is -2.43. The molecule has 2 fully saturated rings. The molecule has 3 aliphatic heterocycles. The molecule has 0 aliphatic carbocycles. The van der Waals surface area contributed by atoms with Gasteiger partial charge in [0.15, 0.2) is 0 Å². The summed E-state index contributed by atoms with van der Waals surface area (Å²) in [4.78, 5) is 14.7. The number of carbonyl (C=O) groups excluding carboxylic acids is 1. The Labute approximate surface area is 163 Å². The zero-order valence-electron chi connectivity index (χ0n) is 15.5. The topological polar surface area (TPSA) is 70.4 Å². The van der Waals surface area contributed by atoms with Crippen molar-refractivity contribution in [2.24, 2.45) is 5.92 Å². The molecule has 0 spiro atoms. The first-order valence-electron chi connectivity index (χ1n) is 9.88. The summed E-state index contributed by atoms with van der Waals surface area (Å²) in [6, 6.07) is 3.76. The van der Waals surface area contributed by atoms with Crippen LogP contribution in [0.4, 0.5) is 0 Å². The fourth-order valence-corrected chi connectivity index (χ4v) is 5.60. The van der Waals surface area contributed by atoms with Crippen molar-refractivity contribution >= 4 is 28.4 Å². The van der Waals surface area contributed by atoms with Gasteiger partial charge in [0.1, 0.15) is 6.10 Å². The molecule has 2 saturated heterocycles. The van der Waals surface area contributed by atoms with E-state index in [1.807, 2.05) is 27.9 Å². The zero-order valence-corrected chi connectivity index (χ0v) is 16.2. The predicted octanol–water partition coefficient (Wildman–Crippen LogP) is 2.44. The smallest absolute Gasteiger partial charge is 0.239 e. The van der Waals surface area contributed by atoms with E-state index in [9.17, 15) is 9.90 Å². The van der Waals surface area contributed by atoms with Crippen molar-refractivity contribution < 1.29 is 9.90 Å². The highest BCUT2D eigenvalue weighted by molar-refractivity contribution is 6.31. The van der Waals surface area contributed by atoms with Gasteiger partial charge in [-0.15, -0.1) is 0 Å². The molecule has 1 amide bonds. The van der Waals surface area contributed by atoms with Crippen molar-refractivity contribution in [2.45, 2.75) is 50.3 Å². The summed E-state index contributed by atoms with van der Waals surface area (Å²) in [5.41, 5.74) is 1.35. The number of nitrogens with one attached hydrogen (secondary N) is 1. The Hall–Kier alpha value is -1.63. The first-order valence-corrected chi connectivity index (χ1v) is 10.3. The average Bonchev–Trinajstić information content (AvgIpc) is 3.39. The summed E-state index contributed by atoms with van der Waals surface area (Å²) in [7, 11) is 0. The van der Waals surface area contributed by atoms with Crippen LogP contribution in [0.2, 0.25) is 5.02 Å². The number of halogens is 1. The lowest BCUT2D eigenvalue weighted by Crippen LogP contribution is -2.51.